The zero-order chi connectivity index (χ0) is 14.1. The van der Waals surface area contributed by atoms with Gasteiger partial charge >= 0.3 is 0 Å². The number of alkyl halides is 1. The van der Waals surface area contributed by atoms with E-state index >= 15 is 0 Å². The summed E-state index contributed by atoms with van der Waals surface area (Å²) in [6.45, 7) is 0.902. The molecule has 3 rings (SSSR count). The monoisotopic (exact) mass is 358 g/mol. The molecule has 0 bridgehead atoms. The van der Waals surface area contributed by atoms with Crippen molar-refractivity contribution in [3.05, 3.63) is 28.2 Å². The highest BCUT2D eigenvalue weighted by Crippen LogP contribution is 2.29. The van der Waals surface area contributed by atoms with Crippen molar-refractivity contribution in [3.8, 4) is 0 Å². The summed E-state index contributed by atoms with van der Waals surface area (Å²) in [6, 6.07) is 3.30. The average molecular weight is 360 g/mol. The van der Waals surface area contributed by atoms with E-state index in [-0.39, 0.29) is 5.82 Å². The fourth-order valence-electron chi connectivity index (χ4n) is 3.10. The van der Waals surface area contributed by atoms with E-state index in [1.807, 2.05) is 0 Å². The predicted molar refractivity (Wildman–Crippen MR) is 83.5 cm³/mol. The van der Waals surface area contributed by atoms with Crippen LogP contribution in [0.4, 0.5) is 4.39 Å². The van der Waals surface area contributed by atoms with Crippen molar-refractivity contribution in [3.63, 3.8) is 0 Å². The molecular weight excluding hydrogens is 343 g/mol. The van der Waals surface area contributed by atoms with Crippen molar-refractivity contribution in [2.24, 2.45) is 5.92 Å². The molecule has 1 aromatic carbocycles. The second-order valence-corrected chi connectivity index (χ2v) is 6.65. The largest absolute Gasteiger partial charge is 0.327 e. The molecule has 0 saturated heterocycles. The fourth-order valence-corrected chi connectivity index (χ4v) is 3.64. The van der Waals surface area contributed by atoms with Gasteiger partial charge in [0.15, 0.2) is 0 Å². The standard InChI is InChI=1S/C15H17BrClFN2/c16-11-6-13-14(7-12(11)18)20(15(8-17)19-13)9-10-4-2-1-3-5-10/h6-7,10H,1-5,8-9H2. The minimum Gasteiger partial charge on any atom is -0.327 e. The number of fused-ring (bicyclic) bond motifs is 1. The van der Waals surface area contributed by atoms with Crippen LogP contribution < -0.4 is 0 Å². The van der Waals surface area contributed by atoms with Crippen LogP contribution in [0.2, 0.25) is 0 Å². The summed E-state index contributed by atoms with van der Waals surface area (Å²) in [5, 5.41) is 0. The Morgan fingerprint density at radius 3 is 2.75 bits per heavy atom. The summed E-state index contributed by atoms with van der Waals surface area (Å²) < 4.78 is 16.4. The highest BCUT2D eigenvalue weighted by atomic mass is 79.9. The summed E-state index contributed by atoms with van der Waals surface area (Å²) in [5.74, 6) is 1.61. The molecule has 1 heterocycles. The average Bonchev–Trinajstić information content (AvgIpc) is 2.78. The van der Waals surface area contributed by atoms with E-state index in [4.69, 9.17) is 11.6 Å². The van der Waals surface area contributed by atoms with Gasteiger partial charge in [0.25, 0.3) is 0 Å². The molecule has 1 saturated carbocycles. The van der Waals surface area contributed by atoms with Crippen molar-refractivity contribution < 1.29 is 4.39 Å². The molecule has 2 nitrogen and oxygen atoms in total. The van der Waals surface area contributed by atoms with Crippen molar-refractivity contribution in [2.45, 2.75) is 44.5 Å². The van der Waals surface area contributed by atoms with Crippen LogP contribution in [0.15, 0.2) is 16.6 Å². The van der Waals surface area contributed by atoms with Gasteiger partial charge in [0.1, 0.15) is 11.6 Å². The minimum atomic E-state index is -0.247. The van der Waals surface area contributed by atoms with Crippen molar-refractivity contribution in [2.75, 3.05) is 0 Å². The van der Waals surface area contributed by atoms with Crippen LogP contribution in [0.1, 0.15) is 37.9 Å². The molecule has 0 N–H and O–H groups in total. The van der Waals surface area contributed by atoms with Crippen LogP contribution >= 0.6 is 27.5 Å². The minimum absolute atomic E-state index is 0.247. The van der Waals surface area contributed by atoms with Crippen molar-refractivity contribution >= 4 is 38.6 Å². The Kier molecular flexibility index (Phi) is 4.32. The lowest BCUT2D eigenvalue weighted by molar-refractivity contribution is 0.320. The van der Waals surface area contributed by atoms with E-state index in [0.29, 0.717) is 16.3 Å². The number of nitrogens with zero attached hydrogens (tertiary/aromatic N) is 2. The molecule has 1 aliphatic carbocycles. The van der Waals surface area contributed by atoms with Crippen molar-refractivity contribution in [1.29, 1.82) is 0 Å². The molecule has 0 spiro atoms. The molecule has 108 valence electrons. The van der Waals surface area contributed by atoms with E-state index < -0.39 is 0 Å². The second-order valence-electron chi connectivity index (χ2n) is 5.53. The molecule has 1 fully saturated rings. The summed E-state index contributed by atoms with van der Waals surface area (Å²) in [6.07, 6.45) is 6.44. The summed E-state index contributed by atoms with van der Waals surface area (Å²) in [4.78, 5) is 4.53. The molecule has 0 atom stereocenters. The maximum absolute atomic E-state index is 13.8. The summed E-state index contributed by atoms with van der Waals surface area (Å²) >= 11 is 9.23. The smallest absolute Gasteiger partial charge is 0.139 e. The van der Waals surface area contributed by atoms with Crippen molar-refractivity contribution in [1.82, 2.24) is 9.55 Å². The van der Waals surface area contributed by atoms with Crippen LogP contribution in [0, 0.1) is 11.7 Å². The number of imidazole rings is 1. The van der Waals surface area contributed by atoms with Crippen LogP contribution in [-0.4, -0.2) is 9.55 Å². The number of aromatic nitrogens is 2. The first-order valence-electron chi connectivity index (χ1n) is 7.09. The van der Waals surface area contributed by atoms with Gasteiger partial charge in [-0.3, -0.25) is 0 Å². The lowest BCUT2D eigenvalue weighted by Crippen LogP contribution is -2.15. The topological polar surface area (TPSA) is 17.8 Å². The van der Waals surface area contributed by atoms with Gasteiger partial charge in [-0.25, -0.2) is 9.37 Å². The Morgan fingerprint density at radius 2 is 2.05 bits per heavy atom. The van der Waals surface area contributed by atoms with E-state index in [9.17, 15) is 4.39 Å². The second kappa shape index (κ2) is 6.02. The maximum Gasteiger partial charge on any atom is 0.139 e. The number of rotatable bonds is 3. The first kappa shape index (κ1) is 14.3. The Labute approximate surface area is 131 Å². The van der Waals surface area contributed by atoms with Crippen LogP contribution in [0.3, 0.4) is 0 Å². The van der Waals surface area contributed by atoms with Gasteiger partial charge in [-0.1, -0.05) is 19.3 Å². The molecule has 0 aliphatic heterocycles. The first-order valence-corrected chi connectivity index (χ1v) is 8.42. The van der Waals surface area contributed by atoms with Crippen LogP contribution in [0.25, 0.3) is 11.0 Å². The molecule has 0 radical (unpaired) electrons. The highest BCUT2D eigenvalue weighted by Gasteiger charge is 2.18. The SMILES string of the molecule is Fc1cc2c(cc1Br)nc(CCl)n2CC1CCCCC1. The van der Waals surface area contributed by atoms with E-state index in [0.717, 1.165) is 23.4 Å². The molecule has 20 heavy (non-hydrogen) atoms. The third-order valence-electron chi connectivity index (χ3n) is 4.15. The summed E-state index contributed by atoms with van der Waals surface area (Å²) in [7, 11) is 0. The highest BCUT2D eigenvalue weighted by molar-refractivity contribution is 9.10. The molecule has 5 heteroatoms. The molecule has 2 aromatic rings. The van der Waals surface area contributed by atoms with E-state index in [1.165, 1.54) is 32.1 Å². The van der Waals surface area contributed by atoms with Gasteiger partial charge < -0.3 is 4.57 Å². The third-order valence-corrected chi connectivity index (χ3v) is 5.00. The Bertz CT molecular complexity index is 620. The lowest BCUT2D eigenvalue weighted by atomic mass is 9.89. The first-order chi connectivity index (χ1) is 9.69. The summed E-state index contributed by atoms with van der Waals surface area (Å²) in [5.41, 5.74) is 1.66. The van der Waals surface area contributed by atoms with E-state index in [2.05, 4.69) is 25.5 Å². The van der Waals surface area contributed by atoms with E-state index in [1.54, 1.807) is 12.1 Å². The van der Waals surface area contributed by atoms with Gasteiger partial charge in [-0.2, -0.15) is 0 Å². The number of hydrogen-bond acceptors (Lipinski definition) is 1. The fraction of sp³-hybridized carbons (Fsp3) is 0.533. The van der Waals surface area contributed by atoms with Gasteiger partial charge in [0.2, 0.25) is 0 Å². The number of hydrogen-bond donors (Lipinski definition) is 0. The maximum atomic E-state index is 13.8. The number of halogens is 3. The lowest BCUT2D eigenvalue weighted by Gasteiger charge is -2.23. The van der Waals surface area contributed by atoms with Gasteiger partial charge in [-0.15, -0.1) is 11.6 Å². The normalized spacial score (nSPS) is 16.9. The molecule has 1 aromatic heterocycles. The molecule has 0 amide bonds. The quantitative estimate of drug-likeness (QED) is 0.684. The number of benzene rings is 1. The Balaban J connectivity index is 2.00. The zero-order valence-corrected chi connectivity index (χ0v) is 13.6. The molecular formula is C15H17BrClFN2. The van der Waals surface area contributed by atoms with Gasteiger partial charge in [0, 0.05) is 12.6 Å². The third kappa shape index (κ3) is 2.73. The Morgan fingerprint density at radius 1 is 1.30 bits per heavy atom. The van der Waals surface area contributed by atoms with Gasteiger partial charge in [-0.05, 0) is 40.8 Å². The van der Waals surface area contributed by atoms with Crippen LogP contribution in [0.5, 0.6) is 0 Å². The van der Waals surface area contributed by atoms with Crippen LogP contribution in [-0.2, 0) is 12.4 Å². The molecule has 1 aliphatic rings. The molecule has 0 unspecified atom stereocenters. The van der Waals surface area contributed by atoms with Gasteiger partial charge in [0.05, 0.1) is 21.4 Å². The predicted octanol–water partition coefficient (Wildman–Crippen LogP) is 5.26. The Hall–Kier alpha value is -0.610. The zero-order valence-electron chi connectivity index (χ0n) is 11.2.